The first kappa shape index (κ1) is 15.3. The summed E-state index contributed by atoms with van der Waals surface area (Å²) in [6.45, 7) is 0. The Morgan fingerprint density at radius 3 is 2.75 bits per heavy atom. The summed E-state index contributed by atoms with van der Waals surface area (Å²) in [4.78, 5) is 11.1. The van der Waals surface area contributed by atoms with Crippen LogP contribution in [-0.2, 0) is 14.8 Å². The molecule has 0 aromatic heterocycles. The van der Waals surface area contributed by atoms with E-state index in [-0.39, 0.29) is 10.9 Å². The van der Waals surface area contributed by atoms with E-state index in [1.807, 2.05) is 0 Å². The number of halogens is 1. The molecule has 1 aliphatic rings. The van der Waals surface area contributed by atoms with Crippen molar-refractivity contribution >= 4 is 27.6 Å². The van der Waals surface area contributed by atoms with Gasteiger partial charge < -0.3 is 5.11 Å². The normalized spacial score (nSPS) is 23.4. The Labute approximate surface area is 123 Å². The maximum atomic E-state index is 12.2. The second kappa shape index (κ2) is 6.11. The van der Waals surface area contributed by atoms with Crippen molar-refractivity contribution in [2.75, 3.05) is 0 Å². The number of hydrogen-bond donors (Lipinski definition) is 2. The van der Waals surface area contributed by atoms with Crippen molar-refractivity contribution in [3.8, 4) is 0 Å². The zero-order valence-corrected chi connectivity index (χ0v) is 12.3. The zero-order chi connectivity index (χ0) is 14.8. The summed E-state index contributed by atoms with van der Waals surface area (Å²) in [5.41, 5.74) is 0. The maximum absolute atomic E-state index is 12.2. The summed E-state index contributed by atoms with van der Waals surface area (Å²) in [7, 11) is -3.66. The van der Waals surface area contributed by atoms with Crippen molar-refractivity contribution in [3.63, 3.8) is 0 Å². The van der Waals surface area contributed by atoms with E-state index in [9.17, 15) is 13.2 Å². The van der Waals surface area contributed by atoms with Crippen LogP contribution in [0, 0.1) is 5.92 Å². The van der Waals surface area contributed by atoms with E-state index in [2.05, 4.69) is 4.72 Å². The van der Waals surface area contributed by atoms with Crippen LogP contribution in [0.3, 0.4) is 0 Å². The summed E-state index contributed by atoms with van der Waals surface area (Å²) in [6.07, 6.45) is 2.29. The van der Waals surface area contributed by atoms with Crippen LogP contribution in [0.4, 0.5) is 0 Å². The molecule has 2 atom stereocenters. The van der Waals surface area contributed by atoms with Gasteiger partial charge in [0.1, 0.15) is 0 Å². The molecule has 1 aromatic rings. The molecule has 1 fully saturated rings. The van der Waals surface area contributed by atoms with Crippen molar-refractivity contribution in [3.05, 3.63) is 29.3 Å². The molecule has 0 bridgehead atoms. The van der Waals surface area contributed by atoms with Gasteiger partial charge in [0, 0.05) is 11.1 Å². The fraction of sp³-hybridized carbons (Fsp3) is 0.462. The van der Waals surface area contributed by atoms with E-state index in [1.54, 1.807) is 12.1 Å². The largest absolute Gasteiger partial charge is 0.481 e. The Morgan fingerprint density at radius 1 is 1.35 bits per heavy atom. The molecule has 2 rings (SSSR count). The Kier molecular flexibility index (Phi) is 4.67. The van der Waals surface area contributed by atoms with Crippen LogP contribution >= 0.6 is 11.6 Å². The smallest absolute Gasteiger partial charge is 0.306 e. The van der Waals surface area contributed by atoms with Gasteiger partial charge in [-0.25, -0.2) is 13.1 Å². The van der Waals surface area contributed by atoms with Crippen LogP contribution in [0.5, 0.6) is 0 Å². The number of carbonyl (C=O) groups is 1. The van der Waals surface area contributed by atoms with Gasteiger partial charge in [0.05, 0.1) is 10.8 Å². The highest BCUT2D eigenvalue weighted by molar-refractivity contribution is 7.89. The molecule has 0 radical (unpaired) electrons. The zero-order valence-electron chi connectivity index (χ0n) is 10.8. The van der Waals surface area contributed by atoms with Gasteiger partial charge in [-0.2, -0.15) is 0 Å². The lowest BCUT2D eigenvalue weighted by Gasteiger charge is -2.27. The molecule has 1 aliphatic carbocycles. The van der Waals surface area contributed by atoms with Gasteiger partial charge in [-0.05, 0) is 37.5 Å². The molecular weight excluding hydrogens is 302 g/mol. The van der Waals surface area contributed by atoms with Gasteiger partial charge in [-0.15, -0.1) is 0 Å². The van der Waals surface area contributed by atoms with Crippen molar-refractivity contribution in [2.45, 2.75) is 36.6 Å². The molecule has 0 spiro atoms. The Balaban J connectivity index is 2.10. The van der Waals surface area contributed by atoms with Crippen molar-refractivity contribution in [1.29, 1.82) is 0 Å². The maximum Gasteiger partial charge on any atom is 0.306 e. The topological polar surface area (TPSA) is 83.5 Å². The van der Waals surface area contributed by atoms with E-state index in [0.717, 1.165) is 0 Å². The molecule has 0 amide bonds. The summed E-state index contributed by atoms with van der Waals surface area (Å²) >= 11 is 5.79. The van der Waals surface area contributed by atoms with Gasteiger partial charge in [-0.3, -0.25) is 4.79 Å². The first-order chi connectivity index (χ1) is 9.38. The number of rotatable bonds is 4. The van der Waals surface area contributed by atoms with Crippen molar-refractivity contribution < 1.29 is 18.3 Å². The van der Waals surface area contributed by atoms with E-state index < -0.39 is 21.9 Å². The summed E-state index contributed by atoms with van der Waals surface area (Å²) in [6, 6.07) is 5.67. The number of nitrogens with one attached hydrogen (secondary N) is 1. The first-order valence-corrected chi connectivity index (χ1v) is 8.25. The lowest BCUT2D eigenvalue weighted by molar-refractivity contribution is -0.143. The number of carboxylic acids is 1. The highest BCUT2D eigenvalue weighted by Gasteiger charge is 2.29. The molecule has 110 valence electrons. The van der Waals surface area contributed by atoms with Crippen LogP contribution in [0.2, 0.25) is 5.02 Å². The van der Waals surface area contributed by atoms with Gasteiger partial charge in [0.2, 0.25) is 10.0 Å². The number of carboxylic acid groups (broad SMARTS) is 1. The highest BCUT2D eigenvalue weighted by atomic mass is 35.5. The SMILES string of the molecule is O=C(O)[C@@H]1CCC[C@H](NS(=O)(=O)c2cccc(Cl)c2)C1. The average molecular weight is 318 g/mol. The lowest BCUT2D eigenvalue weighted by Crippen LogP contribution is -2.39. The standard InChI is InChI=1S/C13H16ClNO4S/c14-10-4-2-6-12(8-10)20(18,19)15-11-5-1-3-9(7-11)13(16)17/h2,4,6,8-9,11,15H,1,3,5,7H2,(H,16,17)/t9-,11+/m1/s1. The minimum Gasteiger partial charge on any atom is -0.481 e. The summed E-state index contributed by atoms with van der Waals surface area (Å²) in [5.74, 6) is -1.34. The summed E-state index contributed by atoms with van der Waals surface area (Å²) < 4.78 is 27.0. The van der Waals surface area contributed by atoms with E-state index >= 15 is 0 Å². The third-order valence-corrected chi connectivity index (χ3v) is 5.20. The van der Waals surface area contributed by atoms with Gasteiger partial charge in [0.25, 0.3) is 0 Å². The molecule has 0 heterocycles. The Bertz CT molecular complexity index is 602. The van der Waals surface area contributed by atoms with Crippen molar-refractivity contribution in [1.82, 2.24) is 4.72 Å². The molecule has 0 unspecified atom stereocenters. The van der Waals surface area contributed by atoms with E-state index in [4.69, 9.17) is 16.7 Å². The lowest BCUT2D eigenvalue weighted by atomic mass is 9.86. The van der Waals surface area contributed by atoms with Gasteiger partial charge >= 0.3 is 5.97 Å². The van der Waals surface area contributed by atoms with Crippen LogP contribution in [-0.4, -0.2) is 25.5 Å². The van der Waals surface area contributed by atoms with Gasteiger partial charge in [0.15, 0.2) is 0 Å². The quantitative estimate of drug-likeness (QED) is 0.892. The van der Waals surface area contributed by atoms with Crippen LogP contribution in [0.15, 0.2) is 29.2 Å². The predicted molar refractivity (Wildman–Crippen MR) is 75.2 cm³/mol. The molecule has 0 saturated heterocycles. The average Bonchev–Trinajstić information content (AvgIpc) is 2.38. The molecule has 1 saturated carbocycles. The molecular formula is C13H16ClNO4S. The fourth-order valence-electron chi connectivity index (χ4n) is 2.44. The monoisotopic (exact) mass is 317 g/mol. The van der Waals surface area contributed by atoms with Crippen LogP contribution in [0.25, 0.3) is 0 Å². The number of hydrogen-bond acceptors (Lipinski definition) is 3. The van der Waals surface area contributed by atoms with E-state index in [0.29, 0.717) is 30.7 Å². The molecule has 20 heavy (non-hydrogen) atoms. The second-order valence-corrected chi connectivity index (χ2v) is 7.13. The van der Waals surface area contributed by atoms with E-state index in [1.165, 1.54) is 12.1 Å². The molecule has 1 aromatic carbocycles. The van der Waals surface area contributed by atoms with Crippen molar-refractivity contribution in [2.24, 2.45) is 5.92 Å². The fourth-order valence-corrected chi connectivity index (χ4v) is 4.03. The molecule has 2 N–H and O–H groups in total. The van der Waals surface area contributed by atoms with Crippen LogP contribution < -0.4 is 4.72 Å². The highest BCUT2D eigenvalue weighted by Crippen LogP contribution is 2.26. The number of sulfonamides is 1. The first-order valence-electron chi connectivity index (χ1n) is 6.39. The van der Waals surface area contributed by atoms with Crippen LogP contribution in [0.1, 0.15) is 25.7 Å². The number of aliphatic carboxylic acids is 1. The Morgan fingerprint density at radius 2 is 2.10 bits per heavy atom. The Hall–Kier alpha value is -1.11. The predicted octanol–water partition coefficient (Wildman–Crippen LogP) is 2.26. The van der Waals surface area contributed by atoms with Gasteiger partial charge in [-0.1, -0.05) is 24.1 Å². The molecule has 7 heteroatoms. The third kappa shape index (κ3) is 3.71. The minimum absolute atomic E-state index is 0.0995. The number of benzene rings is 1. The third-order valence-electron chi connectivity index (χ3n) is 3.45. The summed E-state index contributed by atoms with van der Waals surface area (Å²) in [5, 5.41) is 9.36. The molecule has 5 nitrogen and oxygen atoms in total. The second-order valence-electron chi connectivity index (χ2n) is 4.98. The minimum atomic E-state index is -3.66. The molecule has 0 aliphatic heterocycles.